The standard InChI is InChI=1S/C22H27N7O2/c1-15-16(2)24-20(25-21(15)27-10-12-31-13-11-27)17-4-8-28(9-5-17)22(30)18-14-19-23-6-3-7-29(19)26-18/h3,6-7,14,17H,4-5,8-13H2,1-2H3. The molecule has 2 fully saturated rings. The normalized spacial score (nSPS) is 18.0. The molecule has 3 aromatic rings. The number of likely N-dealkylation sites (tertiary alicyclic amines) is 1. The van der Waals surface area contributed by atoms with Gasteiger partial charge in [-0.25, -0.2) is 19.5 Å². The van der Waals surface area contributed by atoms with Gasteiger partial charge in [-0.3, -0.25) is 4.79 Å². The summed E-state index contributed by atoms with van der Waals surface area (Å²) in [6.45, 7) is 8.68. The summed E-state index contributed by atoms with van der Waals surface area (Å²) in [6.07, 6.45) is 5.20. The van der Waals surface area contributed by atoms with Crippen molar-refractivity contribution >= 4 is 17.4 Å². The number of hydrogen-bond acceptors (Lipinski definition) is 7. The van der Waals surface area contributed by atoms with Crippen molar-refractivity contribution < 1.29 is 9.53 Å². The summed E-state index contributed by atoms with van der Waals surface area (Å²) in [4.78, 5) is 31.1. The average Bonchev–Trinajstić information content (AvgIpc) is 3.25. The van der Waals surface area contributed by atoms with Crippen LogP contribution in [-0.2, 0) is 4.74 Å². The topological polar surface area (TPSA) is 88.8 Å². The minimum absolute atomic E-state index is 0.0426. The van der Waals surface area contributed by atoms with Crippen LogP contribution in [0.5, 0.6) is 0 Å². The van der Waals surface area contributed by atoms with Crippen molar-refractivity contribution in [3.63, 3.8) is 0 Å². The maximum Gasteiger partial charge on any atom is 0.274 e. The van der Waals surface area contributed by atoms with Gasteiger partial charge >= 0.3 is 0 Å². The second-order valence-corrected chi connectivity index (χ2v) is 8.23. The molecule has 0 radical (unpaired) electrons. The number of fused-ring (bicyclic) bond motifs is 1. The van der Waals surface area contributed by atoms with Gasteiger partial charge in [-0.05, 0) is 32.8 Å². The van der Waals surface area contributed by atoms with E-state index >= 15 is 0 Å². The maximum absolute atomic E-state index is 12.9. The number of piperidine rings is 1. The molecule has 162 valence electrons. The van der Waals surface area contributed by atoms with E-state index < -0.39 is 0 Å². The Morgan fingerprint density at radius 2 is 1.87 bits per heavy atom. The first-order valence-electron chi connectivity index (χ1n) is 10.9. The summed E-state index contributed by atoms with van der Waals surface area (Å²) >= 11 is 0. The van der Waals surface area contributed by atoms with E-state index in [0.717, 1.165) is 62.0 Å². The van der Waals surface area contributed by atoms with Crippen molar-refractivity contribution in [2.24, 2.45) is 0 Å². The summed E-state index contributed by atoms with van der Waals surface area (Å²) in [5, 5.41) is 4.37. The number of carbonyl (C=O) groups excluding carboxylic acids is 1. The Morgan fingerprint density at radius 1 is 1.10 bits per heavy atom. The van der Waals surface area contributed by atoms with E-state index in [0.29, 0.717) is 24.4 Å². The monoisotopic (exact) mass is 421 g/mol. The third kappa shape index (κ3) is 3.85. The van der Waals surface area contributed by atoms with Gasteiger partial charge in [0.1, 0.15) is 11.6 Å². The largest absolute Gasteiger partial charge is 0.378 e. The second-order valence-electron chi connectivity index (χ2n) is 8.23. The van der Waals surface area contributed by atoms with Crippen molar-refractivity contribution in [3.05, 3.63) is 47.3 Å². The van der Waals surface area contributed by atoms with Gasteiger partial charge in [0, 0.05) is 61.8 Å². The molecular weight excluding hydrogens is 394 g/mol. The van der Waals surface area contributed by atoms with Crippen LogP contribution in [0.3, 0.4) is 0 Å². The van der Waals surface area contributed by atoms with Crippen LogP contribution in [-0.4, -0.2) is 74.8 Å². The van der Waals surface area contributed by atoms with E-state index in [2.05, 4.69) is 28.8 Å². The fourth-order valence-electron chi connectivity index (χ4n) is 4.34. The van der Waals surface area contributed by atoms with Gasteiger partial charge in [0.25, 0.3) is 5.91 Å². The van der Waals surface area contributed by atoms with Crippen molar-refractivity contribution in [2.45, 2.75) is 32.6 Å². The first-order chi connectivity index (χ1) is 15.1. The highest BCUT2D eigenvalue weighted by Gasteiger charge is 2.29. The van der Waals surface area contributed by atoms with Gasteiger partial charge in [-0.2, -0.15) is 5.10 Å². The zero-order chi connectivity index (χ0) is 21.4. The molecule has 2 saturated heterocycles. The Bertz CT molecular complexity index is 1070. The van der Waals surface area contributed by atoms with Gasteiger partial charge in [-0.1, -0.05) is 0 Å². The van der Waals surface area contributed by atoms with E-state index in [1.807, 2.05) is 4.90 Å². The maximum atomic E-state index is 12.9. The van der Waals surface area contributed by atoms with Gasteiger partial charge in [0.2, 0.25) is 0 Å². The zero-order valence-corrected chi connectivity index (χ0v) is 18.0. The zero-order valence-electron chi connectivity index (χ0n) is 18.0. The minimum Gasteiger partial charge on any atom is -0.378 e. The summed E-state index contributed by atoms with van der Waals surface area (Å²) in [7, 11) is 0. The molecule has 2 aliphatic heterocycles. The minimum atomic E-state index is -0.0426. The molecule has 0 spiro atoms. The Balaban J connectivity index is 1.30. The lowest BCUT2D eigenvalue weighted by Gasteiger charge is -2.33. The van der Waals surface area contributed by atoms with Crippen LogP contribution in [0, 0.1) is 13.8 Å². The smallest absolute Gasteiger partial charge is 0.274 e. The molecule has 0 aliphatic carbocycles. The third-order valence-electron chi connectivity index (χ3n) is 6.29. The SMILES string of the molecule is Cc1nc(C2CCN(C(=O)c3cc4ncccn4n3)CC2)nc(N2CCOCC2)c1C. The predicted molar refractivity (Wildman–Crippen MR) is 115 cm³/mol. The molecule has 0 aromatic carbocycles. The molecule has 31 heavy (non-hydrogen) atoms. The van der Waals surface area contributed by atoms with E-state index in [9.17, 15) is 4.79 Å². The number of ether oxygens (including phenoxy) is 1. The molecule has 1 amide bonds. The predicted octanol–water partition coefficient (Wildman–Crippen LogP) is 1.99. The number of carbonyl (C=O) groups is 1. The van der Waals surface area contributed by atoms with Crippen molar-refractivity contribution in [1.82, 2.24) is 29.5 Å². The summed E-state index contributed by atoms with van der Waals surface area (Å²) < 4.78 is 7.13. The Labute approximate surface area is 181 Å². The van der Waals surface area contributed by atoms with E-state index in [1.165, 1.54) is 0 Å². The molecule has 9 nitrogen and oxygen atoms in total. The lowest BCUT2D eigenvalue weighted by molar-refractivity contribution is 0.0704. The van der Waals surface area contributed by atoms with Crippen LogP contribution in [0.25, 0.3) is 5.65 Å². The van der Waals surface area contributed by atoms with Crippen LogP contribution < -0.4 is 4.90 Å². The number of morpholine rings is 1. The Morgan fingerprint density at radius 3 is 2.61 bits per heavy atom. The number of hydrogen-bond donors (Lipinski definition) is 0. The molecule has 0 saturated carbocycles. The highest BCUT2D eigenvalue weighted by molar-refractivity contribution is 5.93. The lowest BCUT2D eigenvalue weighted by Crippen LogP contribution is -2.39. The van der Waals surface area contributed by atoms with Crippen molar-refractivity contribution in [3.8, 4) is 0 Å². The first kappa shape index (κ1) is 19.9. The van der Waals surface area contributed by atoms with Gasteiger partial charge < -0.3 is 14.5 Å². The van der Waals surface area contributed by atoms with Crippen LogP contribution in [0.15, 0.2) is 24.5 Å². The van der Waals surface area contributed by atoms with Crippen LogP contribution in [0.2, 0.25) is 0 Å². The van der Waals surface area contributed by atoms with Gasteiger partial charge in [0.05, 0.1) is 13.2 Å². The molecule has 9 heteroatoms. The molecule has 0 unspecified atom stereocenters. The van der Waals surface area contributed by atoms with Crippen molar-refractivity contribution in [1.29, 1.82) is 0 Å². The highest BCUT2D eigenvalue weighted by Crippen LogP contribution is 2.30. The van der Waals surface area contributed by atoms with Gasteiger partial charge in [0.15, 0.2) is 11.3 Å². The number of anilines is 1. The number of aromatic nitrogens is 5. The molecule has 0 bridgehead atoms. The fourth-order valence-corrected chi connectivity index (χ4v) is 4.34. The fraction of sp³-hybridized carbons (Fsp3) is 0.500. The number of amides is 1. The van der Waals surface area contributed by atoms with Crippen molar-refractivity contribution in [2.75, 3.05) is 44.3 Å². The number of aryl methyl sites for hydroxylation is 1. The van der Waals surface area contributed by atoms with Crippen LogP contribution in [0.4, 0.5) is 5.82 Å². The molecule has 2 aliphatic rings. The van der Waals surface area contributed by atoms with Crippen LogP contribution >= 0.6 is 0 Å². The number of rotatable bonds is 3. The summed E-state index contributed by atoms with van der Waals surface area (Å²) in [5.41, 5.74) is 3.29. The summed E-state index contributed by atoms with van der Waals surface area (Å²) in [5.74, 6) is 2.14. The second kappa shape index (κ2) is 8.22. The molecule has 5 rings (SSSR count). The molecule has 0 N–H and O–H groups in total. The Hall–Kier alpha value is -3.07. The van der Waals surface area contributed by atoms with E-state index in [4.69, 9.17) is 14.7 Å². The third-order valence-corrected chi connectivity index (χ3v) is 6.29. The highest BCUT2D eigenvalue weighted by atomic mass is 16.5. The van der Waals surface area contributed by atoms with E-state index in [1.54, 1.807) is 29.0 Å². The summed E-state index contributed by atoms with van der Waals surface area (Å²) in [6, 6.07) is 3.55. The quantitative estimate of drug-likeness (QED) is 0.639. The number of nitrogens with zero attached hydrogens (tertiary/aromatic N) is 7. The van der Waals surface area contributed by atoms with E-state index in [-0.39, 0.29) is 11.8 Å². The molecule has 3 aromatic heterocycles. The lowest BCUT2D eigenvalue weighted by atomic mass is 9.95. The molecule has 5 heterocycles. The average molecular weight is 422 g/mol. The first-order valence-corrected chi connectivity index (χ1v) is 10.9. The Kier molecular flexibility index (Phi) is 5.27. The van der Waals surface area contributed by atoms with Gasteiger partial charge in [-0.15, -0.1) is 0 Å². The molecular formula is C22H27N7O2. The molecule has 0 atom stereocenters. The van der Waals surface area contributed by atoms with Crippen LogP contribution in [0.1, 0.15) is 46.3 Å².